The summed E-state index contributed by atoms with van der Waals surface area (Å²) in [4.78, 5) is 25.4. The summed E-state index contributed by atoms with van der Waals surface area (Å²) in [5.41, 5.74) is -1.46. The number of carbonyl (C=O) groups excluding carboxylic acids is 1. The Morgan fingerprint density at radius 2 is 1.43 bits per heavy atom. The summed E-state index contributed by atoms with van der Waals surface area (Å²) in [7, 11) is 0. The fourth-order valence-corrected chi connectivity index (χ4v) is 4.64. The Morgan fingerprint density at radius 3 is 2.07 bits per heavy atom. The topological polar surface area (TPSA) is 248 Å². The zero-order valence-electron chi connectivity index (χ0n) is 21.3. The van der Waals surface area contributed by atoms with Crippen LogP contribution in [0.2, 0.25) is 0 Å². The van der Waals surface area contributed by atoms with Crippen LogP contribution in [0.3, 0.4) is 0 Å². The number of hydrogen-bond donors (Lipinski definition) is 9. The van der Waals surface area contributed by atoms with Crippen LogP contribution in [-0.2, 0) is 9.47 Å². The van der Waals surface area contributed by atoms with Crippen molar-refractivity contribution in [3.8, 4) is 45.8 Å². The van der Waals surface area contributed by atoms with E-state index in [-0.39, 0.29) is 22.7 Å². The van der Waals surface area contributed by atoms with E-state index in [4.69, 9.17) is 13.9 Å². The fraction of sp³-hybridized carbons (Fsp3) is 0.214. The average Bonchev–Trinajstić information content (AvgIpc) is 2.94. The van der Waals surface area contributed by atoms with Crippen molar-refractivity contribution in [3.63, 3.8) is 0 Å². The lowest BCUT2D eigenvalue weighted by Crippen LogP contribution is -2.55. The molecule has 1 aromatic heterocycles. The maximum Gasteiger partial charge on any atom is 0.338 e. The number of fused-ring (bicyclic) bond motifs is 1. The molecule has 0 amide bonds. The lowest BCUT2D eigenvalue weighted by Gasteiger charge is -2.40. The number of aromatic hydroxyl groups is 6. The number of phenolic OH excluding ortho intramolecular Hbond substituents is 6. The number of ether oxygens (including phenoxy) is 2. The summed E-state index contributed by atoms with van der Waals surface area (Å²) in [5.74, 6) is -5.12. The second-order valence-corrected chi connectivity index (χ2v) is 9.58. The first-order chi connectivity index (χ1) is 19.9. The third-order valence-corrected chi connectivity index (χ3v) is 6.84. The molecule has 220 valence electrons. The van der Waals surface area contributed by atoms with E-state index < -0.39 is 88.2 Å². The van der Waals surface area contributed by atoms with E-state index in [9.17, 15) is 55.5 Å². The molecule has 0 aliphatic carbocycles. The van der Waals surface area contributed by atoms with Crippen molar-refractivity contribution >= 4 is 16.9 Å². The Balaban J connectivity index is 1.45. The lowest BCUT2D eigenvalue weighted by atomic mass is 9.89. The molecule has 1 aliphatic rings. The smallest absolute Gasteiger partial charge is 0.338 e. The molecule has 0 spiro atoms. The first-order valence-corrected chi connectivity index (χ1v) is 12.3. The molecule has 0 saturated carbocycles. The van der Waals surface area contributed by atoms with E-state index in [1.807, 2.05) is 0 Å². The maximum atomic E-state index is 13.0. The fourth-order valence-electron chi connectivity index (χ4n) is 4.64. The SMILES string of the molecule is O=C(OC[C@H]1O[C@@H](c2c(O)cc3oc(-c4ccc(O)cc4)cc(=O)c3c2O)[C@@H](O)[C@@H](O)[C@@H]1O)c1cc(O)c(O)c(O)c1. The molecule has 14 nitrogen and oxygen atoms in total. The molecule has 0 bridgehead atoms. The van der Waals surface area contributed by atoms with Gasteiger partial charge in [-0.1, -0.05) is 0 Å². The Labute approximate surface area is 234 Å². The molecule has 5 atom stereocenters. The van der Waals surface area contributed by atoms with Gasteiger partial charge in [0.25, 0.3) is 0 Å². The molecule has 2 heterocycles. The highest BCUT2D eigenvalue weighted by atomic mass is 16.6. The van der Waals surface area contributed by atoms with Crippen LogP contribution in [0.4, 0.5) is 0 Å². The number of carbonyl (C=O) groups is 1. The number of hydrogen-bond acceptors (Lipinski definition) is 14. The summed E-state index contributed by atoms with van der Waals surface area (Å²) >= 11 is 0. The highest BCUT2D eigenvalue weighted by molar-refractivity contribution is 5.91. The van der Waals surface area contributed by atoms with E-state index >= 15 is 0 Å². The monoisotopic (exact) mass is 584 g/mol. The Bertz CT molecular complexity index is 1700. The normalized spacial score (nSPS) is 22.2. The second kappa shape index (κ2) is 10.8. The van der Waals surface area contributed by atoms with Crippen molar-refractivity contribution in [2.24, 2.45) is 0 Å². The minimum atomic E-state index is -1.93. The van der Waals surface area contributed by atoms with Crippen molar-refractivity contribution in [1.29, 1.82) is 0 Å². The summed E-state index contributed by atoms with van der Waals surface area (Å²) in [6, 6.07) is 9.35. The summed E-state index contributed by atoms with van der Waals surface area (Å²) in [6.45, 7) is -0.754. The predicted octanol–water partition coefficient (Wildman–Crippen LogP) is 1.07. The van der Waals surface area contributed by atoms with Crippen molar-refractivity contribution in [2.75, 3.05) is 6.61 Å². The molecule has 42 heavy (non-hydrogen) atoms. The predicted molar refractivity (Wildman–Crippen MR) is 140 cm³/mol. The van der Waals surface area contributed by atoms with Crippen LogP contribution in [0, 0.1) is 0 Å². The molecule has 1 saturated heterocycles. The molecule has 1 aliphatic heterocycles. The van der Waals surface area contributed by atoms with Gasteiger partial charge in [-0.3, -0.25) is 4.79 Å². The molecule has 4 aromatic rings. The largest absolute Gasteiger partial charge is 0.508 e. The minimum Gasteiger partial charge on any atom is -0.508 e. The Kier molecular flexibility index (Phi) is 7.30. The van der Waals surface area contributed by atoms with Gasteiger partial charge in [0.1, 0.15) is 71.1 Å². The Morgan fingerprint density at radius 1 is 0.786 bits per heavy atom. The van der Waals surface area contributed by atoms with E-state index in [1.165, 1.54) is 24.3 Å². The molecule has 9 N–H and O–H groups in total. The first-order valence-electron chi connectivity index (χ1n) is 12.3. The van der Waals surface area contributed by atoms with Gasteiger partial charge in [0.05, 0.1) is 11.1 Å². The van der Waals surface area contributed by atoms with Crippen LogP contribution in [0.5, 0.6) is 34.5 Å². The van der Waals surface area contributed by atoms with Crippen molar-refractivity contribution in [3.05, 3.63) is 69.9 Å². The van der Waals surface area contributed by atoms with Gasteiger partial charge in [-0.15, -0.1) is 0 Å². The van der Waals surface area contributed by atoms with E-state index in [1.54, 1.807) is 0 Å². The summed E-state index contributed by atoms with van der Waals surface area (Å²) in [5, 5.41) is 91.2. The van der Waals surface area contributed by atoms with Crippen LogP contribution in [-0.4, -0.2) is 83.0 Å². The van der Waals surface area contributed by atoms with E-state index in [0.717, 1.165) is 24.3 Å². The van der Waals surface area contributed by atoms with Crippen LogP contribution >= 0.6 is 0 Å². The number of esters is 1. The molecule has 5 rings (SSSR count). The molecule has 1 fully saturated rings. The third kappa shape index (κ3) is 4.99. The lowest BCUT2D eigenvalue weighted by molar-refractivity contribution is -0.232. The third-order valence-electron chi connectivity index (χ3n) is 6.84. The van der Waals surface area contributed by atoms with Gasteiger partial charge < -0.3 is 59.8 Å². The van der Waals surface area contributed by atoms with Crippen molar-refractivity contribution in [1.82, 2.24) is 0 Å². The Hall–Kier alpha value is -5.02. The highest BCUT2D eigenvalue weighted by Gasteiger charge is 2.46. The van der Waals surface area contributed by atoms with Gasteiger partial charge in [0.2, 0.25) is 0 Å². The van der Waals surface area contributed by atoms with Crippen molar-refractivity contribution < 1.29 is 64.6 Å². The van der Waals surface area contributed by atoms with Gasteiger partial charge in [-0.25, -0.2) is 4.79 Å². The van der Waals surface area contributed by atoms with Gasteiger partial charge in [0, 0.05) is 17.7 Å². The second-order valence-electron chi connectivity index (χ2n) is 9.58. The van der Waals surface area contributed by atoms with Crippen LogP contribution in [0.25, 0.3) is 22.3 Å². The first kappa shape index (κ1) is 28.5. The maximum absolute atomic E-state index is 13.0. The van der Waals surface area contributed by atoms with Crippen LogP contribution in [0.15, 0.2) is 57.7 Å². The zero-order valence-corrected chi connectivity index (χ0v) is 21.3. The van der Waals surface area contributed by atoms with Gasteiger partial charge in [0.15, 0.2) is 22.7 Å². The quantitative estimate of drug-likeness (QED) is 0.118. The van der Waals surface area contributed by atoms with Gasteiger partial charge >= 0.3 is 5.97 Å². The number of aliphatic hydroxyl groups is 3. The highest BCUT2D eigenvalue weighted by Crippen LogP contribution is 2.45. The van der Waals surface area contributed by atoms with Crippen molar-refractivity contribution in [2.45, 2.75) is 30.5 Å². The minimum absolute atomic E-state index is 0.0211. The number of rotatable bonds is 5. The summed E-state index contributed by atoms with van der Waals surface area (Å²) in [6.07, 6.45) is -8.98. The zero-order chi connectivity index (χ0) is 30.5. The molecule has 0 unspecified atom stereocenters. The van der Waals surface area contributed by atoms with Gasteiger partial charge in [-0.2, -0.15) is 0 Å². The van der Waals surface area contributed by atoms with E-state index in [2.05, 4.69) is 0 Å². The molecular formula is C28H24O14. The number of benzene rings is 3. The average molecular weight is 584 g/mol. The van der Waals surface area contributed by atoms with E-state index in [0.29, 0.717) is 5.56 Å². The van der Waals surface area contributed by atoms with Crippen LogP contribution in [0.1, 0.15) is 22.0 Å². The molecule has 14 heteroatoms. The number of aliphatic hydroxyl groups excluding tert-OH is 3. The van der Waals surface area contributed by atoms with Gasteiger partial charge in [-0.05, 0) is 36.4 Å². The van der Waals surface area contributed by atoms with Crippen LogP contribution < -0.4 is 5.43 Å². The summed E-state index contributed by atoms with van der Waals surface area (Å²) < 4.78 is 16.4. The molecule has 3 aromatic carbocycles. The standard InChI is InChI=1S/C28H24O14/c29-12-3-1-10(2-4-12)17-7-13(30)20-18(41-17)8-14(31)21(24(20)36)27-26(38)25(37)23(35)19(42-27)9-40-28(39)11-5-15(32)22(34)16(33)6-11/h1-8,19,23,25-27,29,31-38H,9H2/t19-,23-,25+,26+,27+/m1/s1. The number of phenols is 6. The molecule has 0 radical (unpaired) electrons. The molecular weight excluding hydrogens is 560 g/mol.